The molecule has 1 heterocycles. The van der Waals surface area contributed by atoms with Crippen molar-refractivity contribution in [2.45, 2.75) is 46.6 Å². The number of aromatic nitrogens is 1. The zero-order valence-electron chi connectivity index (χ0n) is 11.6. The standard InChI is InChI=1S/C15H26N2/c1-5-9-17-15(13(4)11-12(2)3)14-8-6-7-10-16-14/h6-8,10,12-13,15,17H,5,9,11H2,1-4H3. The van der Waals surface area contributed by atoms with E-state index in [0.29, 0.717) is 12.0 Å². The Morgan fingerprint density at radius 3 is 2.53 bits per heavy atom. The Bertz CT molecular complexity index is 295. The maximum absolute atomic E-state index is 4.50. The van der Waals surface area contributed by atoms with Crippen molar-refractivity contribution < 1.29 is 0 Å². The van der Waals surface area contributed by atoms with Crippen LogP contribution in [0.2, 0.25) is 0 Å². The van der Waals surface area contributed by atoms with E-state index >= 15 is 0 Å². The fourth-order valence-corrected chi connectivity index (χ4v) is 2.34. The molecule has 1 aromatic rings. The van der Waals surface area contributed by atoms with Gasteiger partial charge in [0.2, 0.25) is 0 Å². The molecule has 0 spiro atoms. The molecule has 0 amide bonds. The van der Waals surface area contributed by atoms with Crippen LogP contribution in [0.1, 0.15) is 52.3 Å². The molecule has 0 saturated carbocycles. The molecule has 0 bridgehead atoms. The van der Waals surface area contributed by atoms with Crippen molar-refractivity contribution in [1.82, 2.24) is 10.3 Å². The van der Waals surface area contributed by atoms with Gasteiger partial charge in [-0.05, 0) is 43.4 Å². The second kappa shape index (κ2) is 7.44. The molecule has 0 fully saturated rings. The molecule has 0 aliphatic carbocycles. The average Bonchev–Trinajstić information content (AvgIpc) is 2.30. The lowest BCUT2D eigenvalue weighted by atomic mass is 9.90. The molecule has 1 aromatic heterocycles. The van der Waals surface area contributed by atoms with Gasteiger partial charge in [-0.25, -0.2) is 0 Å². The molecule has 1 rings (SSSR count). The van der Waals surface area contributed by atoms with Crippen molar-refractivity contribution in [2.24, 2.45) is 11.8 Å². The molecular weight excluding hydrogens is 208 g/mol. The highest BCUT2D eigenvalue weighted by molar-refractivity contribution is 5.09. The Hall–Kier alpha value is -0.890. The minimum atomic E-state index is 0.388. The summed E-state index contributed by atoms with van der Waals surface area (Å²) in [5.41, 5.74) is 1.18. The van der Waals surface area contributed by atoms with Crippen LogP contribution >= 0.6 is 0 Å². The SMILES string of the molecule is CCCNC(c1ccccn1)C(C)CC(C)C. The number of hydrogen-bond donors (Lipinski definition) is 1. The number of rotatable bonds is 7. The molecule has 17 heavy (non-hydrogen) atoms. The number of hydrogen-bond acceptors (Lipinski definition) is 2. The van der Waals surface area contributed by atoms with E-state index in [2.05, 4.69) is 50.1 Å². The van der Waals surface area contributed by atoms with E-state index in [1.54, 1.807) is 0 Å². The highest BCUT2D eigenvalue weighted by Gasteiger charge is 2.20. The molecule has 2 unspecified atom stereocenters. The van der Waals surface area contributed by atoms with Gasteiger partial charge in [0.05, 0.1) is 11.7 Å². The van der Waals surface area contributed by atoms with Gasteiger partial charge in [-0.15, -0.1) is 0 Å². The van der Waals surface area contributed by atoms with Gasteiger partial charge < -0.3 is 5.32 Å². The molecule has 0 aromatic carbocycles. The monoisotopic (exact) mass is 234 g/mol. The Morgan fingerprint density at radius 1 is 1.24 bits per heavy atom. The summed E-state index contributed by atoms with van der Waals surface area (Å²) in [5.74, 6) is 1.36. The lowest BCUT2D eigenvalue weighted by molar-refractivity contribution is 0.324. The van der Waals surface area contributed by atoms with Crippen LogP contribution in [0.3, 0.4) is 0 Å². The smallest absolute Gasteiger partial charge is 0.0575 e. The van der Waals surface area contributed by atoms with Crippen molar-refractivity contribution in [3.05, 3.63) is 30.1 Å². The second-order valence-corrected chi connectivity index (χ2v) is 5.29. The summed E-state index contributed by atoms with van der Waals surface area (Å²) < 4.78 is 0. The Labute approximate surface area is 106 Å². The van der Waals surface area contributed by atoms with Crippen LogP contribution in [0.25, 0.3) is 0 Å². The van der Waals surface area contributed by atoms with Crippen molar-refractivity contribution >= 4 is 0 Å². The first kappa shape index (κ1) is 14.2. The minimum absolute atomic E-state index is 0.388. The van der Waals surface area contributed by atoms with E-state index in [9.17, 15) is 0 Å². The molecule has 96 valence electrons. The summed E-state index contributed by atoms with van der Waals surface area (Å²) >= 11 is 0. The largest absolute Gasteiger partial charge is 0.308 e. The Balaban J connectivity index is 2.73. The predicted molar refractivity (Wildman–Crippen MR) is 73.9 cm³/mol. The van der Waals surface area contributed by atoms with E-state index in [0.717, 1.165) is 18.9 Å². The van der Waals surface area contributed by atoms with E-state index in [1.165, 1.54) is 12.1 Å². The zero-order chi connectivity index (χ0) is 12.7. The zero-order valence-corrected chi connectivity index (χ0v) is 11.6. The second-order valence-electron chi connectivity index (χ2n) is 5.29. The van der Waals surface area contributed by atoms with Crippen LogP contribution in [0, 0.1) is 11.8 Å². The third-order valence-electron chi connectivity index (χ3n) is 3.03. The lowest BCUT2D eigenvalue weighted by Crippen LogP contribution is -2.29. The van der Waals surface area contributed by atoms with Gasteiger partial charge in [-0.3, -0.25) is 4.98 Å². The van der Waals surface area contributed by atoms with Crippen LogP contribution in [0.5, 0.6) is 0 Å². The molecule has 2 atom stereocenters. The Morgan fingerprint density at radius 2 is 2.00 bits per heavy atom. The van der Waals surface area contributed by atoms with Crippen LogP contribution in [0.15, 0.2) is 24.4 Å². The maximum atomic E-state index is 4.50. The quantitative estimate of drug-likeness (QED) is 0.776. The fourth-order valence-electron chi connectivity index (χ4n) is 2.34. The average molecular weight is 234 g/mol. The van der Waals surface area contributed by atoms with E-state index < -0.39 is 0 Å². The first-order valence-electron chi connectivity index (χ1n) is 6.79. The summed E-state index contributed by atoms with van der Waals surface area (Å²) in [6.07, 6.45) is 4.29. The fraction of sp³-hybridized carbons (Fsp3) is 0.667. The molecular formula is C15H26N2. The third kappa shape index (κ3) is 4.86. The molecule has 0 aliphatic heterocycles. The highest BCUT2D eigenvalue weighted by atomic mass is 14.9. The number of nitrogens with zero attached hydrogens (tertiary/aromatic N) is 1. The molecule has 0 saturated heterocycles. The summed E-state index contributed by atoms with van der Waals surface area (Å²) in [6, 6.07) is 6.57. The minimum Gasteiger partial charge on any atom is -0.308 e. The van der Waals surface area contributed by atoms with Crippen LogP contribution in [-0.2, 0) is 0 Å². The molecule has 0 radical (unpaired) electrons. The molecule has 2 nitrogen and oxygen atoms in total. The van der Waals surface area contributed by atoms with Crippen molar-refractivity contribution in [3.8, 4) is 0 Å². The predicted octanol–water partition coefficient (Wildman–Crippen LogP) is 3.80. The van der Waals surface area contributed by atoms with E-state index in [1.807, 2.05) is 12.3 Å². The normalized spacial score (nSPS) is 14.9. The van der Waals surface area contributed by atoms with Gasteiger partial charge in [0, 0.05) is 6.20 Å². The first-order valence-corrected chi connectivity index (χ1v) is 6.79. The molecule has 0 aliphatic rings. The van der Waals surface area contributed by atoms with Crippen molar-refractivity contribution in [2.75, 3.05) is 6.54 Å². The summed E-state index contributed by atoms with van der Waals surface area (Å²) in [6.45, 7) is 10.2. The van der Waals surface area contributed by atoms with E-state index in [-0.39, 0.29) is 0 Å². The highest BCUT2D eigenvalue weighted by Crippen LogP contribution is 2.25. The maximum Gasteiger partial charge on any atom is 0.0575 e. The lowest BCUT2D eigenvalue weighted by Gasteiger charge is -2.26. The van der Waals surface area contributed by atoms with Crippen molar-refractivity contribution in [3.63, 3.8) is 0 Å². The molecule has 1 N–H and O–H groups in total. The van der Waals surface area contributed by atoms with Gasteiger partial charge in [-0.2, -0.15) is 0 Å². The van der Waals surface area contributed by atoms with Crippen LogP contribution < -0.4 is 5.32 Å². The van der Waals surface area contributed by atoms with Crippen molar-refractivity contribution in [1.29, 1.82) is 0 Å². The number of pyridine rings is 1. The van der Waals surface area contributed by atoms with Gasteiger partial charge >= 0.3 is 0 Å². The van der Waals surface area contributed by atoms with Gasteiger partial charge in [0.15, 0.2) is 0 Å². The van der Waals surface area contributed by atoms with Gasteiger partial charge in [0.25, 0.3) is 0 Å². The topological polar surface area (TPSA) is 24.9 Å². The Kier molecular flexibility index (Phi) is 6.20. The van der Waals surface area contributed by atoms with Crippen LogP contribution in [0.4, 0.5) is 0 Å². The first-order chi connectivity index (χ1) is 8.15. The van der Waals surface area contributed by atoms with Gasteiger partial charge in [0.1, 0.15) is 0 Å². The molecule has 2 heteroatoms. The summed E-state index contributed by atoms with van der Waals surface area (Å²) in [5, 5.41) is 3.63. The van der Waals surface area contributed by atoms with Gasteiger partial charge in [-0.1, -0.05) is 33.8 Å². The van der Waals surface area contributed by atoms with Crippen LogP contribution in [-0.4, -0.2) is 11.5 Å². The van der Waals surface area contributed by atoms with E-state index in [4.69, 9.17) is 0 Å². The summed E-state index contributed by atoms with van der Waals surface area (Å²) in [4.78, 5) is 4.50. The number of nitrogens with one attached hydrogen (secondary N) is 1. The summed E-state index contributed by atoms with van der Waals surface area (Å²) in [7, 11) is 0. The third-order valence-corrected chi connectivity index (χ3v) is 3.03.